The zero-order chi connectivity index (χ0) is 23.4. The normalized spacial score (nSPS) is 12.2. The topological polar surface area (TPSA) is 64.4 Å². The Hall–Kier alpha value is -3.15. The number of hydrogen-bond donors (Lipinski definition) is 0. The van der Waals surface area contributed by atoms with E-state index in [4.69, 9.17) is 9.72 Å². The van der Waals surface area contributed by atoms with Gasteiger partial charge in [-0.1, -0.05) is 39.0 Å². The number of aryl methyl sites for hydroxylation is 1. The molecule has 1 heterocycles. The van der Waals surface area contributed by atoms with E-state index in [1.165, 1.54) is 0 Å². The Morgan fingerprint density at radius 3 is 2.53 bits per heavy atom. The van der Waals surface area contributed by atoms with E-state index >= 15 is 0 Å². The molecule has 0 aliphatic carbocycles. The van der Waals surface area contributed by atoms with Crippen LogP contribution in [-0.4, -0.2) is 34.0 Å². The fraction of sp³-hybridized carbons (Fsp3) is 0.423. The summed E-state index contributed by atoms with van der Waals surface area (Å²) in [5.41, 5.74) is 2.08. The number of fused-ring (bicyclic) bond motifs is 1. The summed E-state index contributed by atoms with van der Waals surface area (Å²) in [7, 11) is 1.59. The Kier molecular flexibility index (Phi) is 7.33. The Bertz CT molecular complexity index is 1170. The molecule has 170 valence electrons. The van der Waals surface area contributed by atoms with Gasteiger partial charge >= 0.3 is 0 Å². The lowest BCUT2D eigenvalue weighted by molar-refractivity contribution is -0.133. The van der Waals surface area contributed by atoms with Gasteiger partial charge in [0.2, 0.25) is 5.91 Å². The van der Waals surface area contributed by atoms with Gasteiger partial charge in [0.1, 0.15) is 11.6 Å². The van der Waals surface area contributed by atoms with E-state index in [1.54, 1.807) is 17.7 Å². The van der Waals surface area contributed by atoms with E-state index in [2.05, 4.69) is 13.8 Å². The number of ether oxygens (including phenoxy) is 1. The molecule has 6 heteroatoms. The minimum absolute atomic E-state index is 0.0447. The summed E-state index contributed by atoms with van der Waals surface area (Å²) < 4.78 is 7.21. The third kappa shape index (κ3) is 4.69. The van der Waals surface area contributed by atoms with Crippen molar-refractivity contribution in [1.82, 2.24) is 14.5 Å². The first-order valence-electron chi connectivity index (χ1n) is 11.2. The summed E-state index contributed by atoms with van der Waals surface area (Å²) in [6.45, 7) is 10.7. The van der Waals surface area contributed by atoms with Crippen LogP contribution in [0.5, 0.6) is 5.75 Å². The van der Waals surface area contributed by atoms with Crippen LogP contribution in [0, 0.1) is 12.8 Å². The first-order chi connectivity index (χ1) is 15.3. The van der Waals surface area contributed by atoms with E-state index in [1.807, 2.05) is 62.1 Å². The highest BCUT2D eigenvalue weighted by atomic mass is 16.5. The van der Waals surface area contributed by atoms with Crippen molar-refractivity contribution in [3.05, 3.63) is 64.2 Å². The first-order valence-corrected chi connectivity index (χ1v) is 11.2. The summed E-state index contributed by atoms with van der Waals surface area (Å²) in [4.78, 5) is 33.4. The molecule has 3 rings (SSSR count). The molecular weight excluding hydrogens is 402 g/mol. The molecule has 1 amide bonds. The lowest BCUT2D eigenvalue weighted by atomic mass is 10.1. The molecule has 1 unspecified atom stereocenters. The predicted octanol–water partition coefficient (Wildman–Crippen LogP) is 5.05. The van der Waals surface area contributed by atoms with Crippen LogP contribution in [0.2, 0.25) is 0 Å². The summed E-state index contributed by atoms with van der Waals surface area (Å²) in [6, 6.07) is 12.7. The van der Waals surface area contributed by atoms with Gasteiger partial charge in [0.05, 0.1) is 29.7 Å². The maximum Gasteiger partial charge on any atom is 0.266 e. The fourth-order valence-electron chi connectivity index (χ4n) is 3.91. The molecule has 0 saturated heterocycles. The van der Waals surface area contributed by atoms with Crippen molar-refractivity contribution < 1.29 is 9.53 Å². The number of nitrogens with zero attached hydrogens (tertiary/aromatic N) is 3. The smallest absolute Gasteiger partial charge is 0.266 e. The molecule has 0 saturated carbocycles. The Morgan fingerprint density at radius 2 is 1.88 bits per heavy atom. The Morgan fingerprint density at radius 1 is 1.16 bits per heavy atom. The quantitative estimate of drug-likeness (QED) is 0.497. The van der Waals surface area contributed by atoms with Gasteiger partial charge < -0.3 is 9.64 Å². The van der Waals surface area contributed by atoms with Crippen molar-refractivity contribution in [2.24, 2.45) is 5.92 Å². The first kappa shape index (κ1) is 23.5. The number of carbonyl (C=O) groups is 1. The molecule has 6 nitrogen and oxygen atoms in total. The Labute approximate surface area is 189 Å². The molecule has 32 heavy (non-hydrogen) atoms. The van der Waals surface area contributed by atoms with Crippen LogP contribution in [-0.2, 0) is 4.79 Å². The molecule has 1 atom stereocenters. The van der Waals surface area contributed by atoms with Crippen LogP contribution in [0.1, 0.15) is 58.0 Å². The second-order valence-electron chi connectivity index (χ2n) is 8.60. The van der Waals surface area contributed by atoms with Crippen LogP contribution in [0.3, 0.4) is 0 Å². The number of methoxy groups -OCH3 is 1. The molecule has 0 bridgehead atoms. The zero-order valence-electron chi connectivity index (χ0n) is 19.9. The fourth-order valence-corrected chi connectivity index (χ4v) is 3.91. The van der Waals surface area contributed by atoms with Crippen LogP contribution < -0.4 is 10.3 Å². The summed E-state index contributed by atoms with van der Waals surface area (Å²) in [5, 5.41) is 0.530. The van der Waals surface area contributed by atoms with E-state index < -0.39 is 0 Å². The molecule has 2 aromatic carbocycles. The third-order valence-electron chi connectivity index (χ3n) is 5.79. The van der Waals surface area contributed by atoms with Gasteiger partial charge in [-0.15, -0.1) is 0 Å². The van der Waals surface area contributed by atoms with Crippen LogP contribution in [0.25, 0.3) is 16.6 Å². The van der Waals surface area contributed by atoms with E-state index in [0.29, 0.717) is 47.0 Å². The lowest BCUT2D eigenvalue weighted by Crippen LogP contribution is -2.38. The summed E-state index contributed by atoms with van der Waals surface area (Å²) >= 11 is 0. The highest BCUT2D eigenvalue weighted by Gasteiger charge is 2.27. The van der Waals surface area contributed by atoms with E-state index in [-0.39, 0.29) is 17.5 Å². The molecule has 3 aromatic rings. The maximum absolute atomic E-state index is 13.7. The van der Waals surface area contributed by atoms with E-state index in [9.17, 15) is 9.59 Å². The van der Waals surface area contributed by atoms with Crippen molar-refractivity contribution in [3.8, 4) is 11.4 Å². The van der Waals surface area contributed by atoms with Gasteiger partial charge in [0, 0.05) is 13.0 Å². The largest absolute Gasteiger partial charge is 0.495 e. The van der Waals surface area contributed by atoms with Crippen LogP contribution in [0.4, 0.5) is 0 Å². The van der Waals surface area contributed by atoms with Crippen molar-refractivity contribution in [2.45, 2.75) is 53.5 Å². The van der Waals surface area contributed by atoms with E-state index in [0.717, 1.165) is 12.0 Å². The number of para-hydroxylation sites is 1. The molecule has 0 radical (unpaired) electrons. The maximum atomic E-state index is 13.7. The molecule has 0 fully saturated rings. The molecule has 0 spiro atoms. The molecule has 0 N–H and O–H groups in total. The SMILES string of the molecule is CCC(=O)N(CCC(C)C)C(C)c1nc2ccccc2c(=O)n1-c1cc(C)ccc1OC. The highest BCUT2D eigenvalue weighted by molar-refractivity contribution is 5.79. The highest BCUT2D eigenvalue weighted by Crippen LogP contribution is 2.29. The van der Waals surface area contributed by atoms with Gasteiger partial charge in [-0.2, -0.15) is 0 Å². The predicted molar refractivity (Wildman–Crippen MR) is 129 cm³/mol. The van der Waals surface area contributed by atoms with Crippen LogP contribution in [0.15, 0.2) is 47.3 Å². The number of carbonyl (C=O) groups excluding carboxylic acids is 1. The van der Waals surface area contributed by atoms with Gasteiger partial charge in [-0.25, -0.2) is 4.98 Å². The third-order valence-corrected chi connectivity index (χ3v) is 5.79. The number of hydrogen-bond acceptors (Lipinski definition) is 4. The van der Waals surface area contributed by atoms with Gasteiger partial charge in [0.15, 0.2) is 0 Å². The number of rotatable bonds is 8. The summed E-state index contributed by atoms with van der Waals surface area (Å²) in [5.74, 6) is 1.61. The molecule has 0 aliphatic rings. The number of aromatic nitrogens is 2. The number of benzene rings is 2. The monoisotopic (exact) mass is 435 g/mol. The van der Waals surface area contributed by atoms with Crippen molar-refractivity contribution in [2.75, 3.05) is 13.7 Å². The van der Waals surface area contributed by atoms with Gasteiger partial charge in [-0.3, -0.25) is 14.2 Å². The standard InChI is InChI=1S/C26H33N3O3/c1-7-24(30)28(15-14-17(2)3)19(5)25-27-21-11-9-8-10-20(21)26(31)29(25)22-16-18(4)12-13-23(22)32-6/h8-13,16-17,19H,7,14-15H2,1-6H3. The van der Waals surface area contributed by atoms with Gasteiger partial charge in [-0.05, 0) is 56.0 Å². The molecular formula is C26H33N3O3. The van der Waals surface area contributed by atoms with Crippen LogP contribution >= 0.6 is 0 Å². The van der Waals surface area contributed by atoms with Crippen molar-refractivity contribution in [3.63, 3.8) is 0 Å². The molecule has 0 aliphatic heterocycles. The Balaban J connectivity index is 2.30. The average molecular weight is 436 g/mol. The van der Waals surface area contributed by atoms with Crippen molar-refractivity contribution in [1.29, 1.82) is 0 Å². The second kappa shape index (κ2) is 9.98. The minimum Gasteiger partial charge on any atom is -0.495 e. The molecule has 1 aromatic heterocycles. The lowest BCUT2D eigenvalue weighted by Gasteiger charge is -2.31. The minimum atomic E-state index is -0.385. The zero-order valence-corrected chi connectivity index (χ0v) is 19.9. The van der Waals surface area contributed by atoms with Gasteiger partial charge in [0.25, 0.3) is 5.56 Å². The van der Waals surface area contributed by atoms with Crippen molar-refractivity contribution >= 4 is 16.8 Å². The number of amides is 1. The second-order valence-corrected chi connectivity index (χ2v) is 8.60. The summed E-state index contributed by atoms with van der Waals surface area (Å²) in [6.07, 6.45) is 1.27. The average Bonchev–Trinajstić information content (AvgIpc) is 2.78.